The number of thiazole rings is 1. The van der Waals surface area contributed by atoms with Crippen LogP contribution in [0.3, 0.4) is 0 Å². The molecule has 0 spiro atoms. The van der Waals surface area contributed by atoms with E-state index >= 15 is 0 Å². The van der Waals surface area contributed by atoms with Gasteiger partial charge in [-0.05, 0) is 37.8 Å². The fourth-order valence-electron chi connectivity index (χ4n) is 2.51. The highest BCUT2D eigenvalue weighted by Crippen LogP contribution is 2.34. The number of aromatic nitrogens is 1. The smallest absolute Gasteiger partial charge is 0.261 e. The molecule has 2 aromatic rings. The summed E-state index contributed by atoms with van der Waals surface area (Å²) in [7, 11) is 1.47. The minimum absolute atomic E-state index is 0.299. The molecule has 1 N–H and O–H groups in total. The van der Waals surface area contributed by atoms with Crippen molar-refractivity contribution in [3.8, 4) is 5.75 Å². The Hall–Kier alpha value is -1.30. The lowest BCUT2D eigenvalue weighted by atomic mass is 10.0. The maximum atomic E-state index is 12.5. The van der Waals surface area contributed by atoms with E-state index in [1.807, 2.05) is 0 Å². The molecule has 0 radical (unpaired) electrons. The minimum Gasteiger partial charge on any atom is -0.494 e. The molecule has 1 amide bonds. The highest BCUT2D eigenvalue weighted by atomic mass is 35.5. The van der Waals surface area contributed by atoms with Gasteiger partial charge < -0.3 is 4.74 Å². The van der Waals surface area contributed by atoms with Crippen LogP contribution in [0, 0.1) is 0 Å². The predicted octanol–water partition coefficient (Wildman–Crippen LogP) is 4.59. The fraction of sp³-hybridized carbons (Fsp3) is 0.333. The van der Waals surface area contributed by atoms with Crippen LogP contribution in [0.15, 0.2) is 12.1 Å². The van der Waals surface area contributed by atoms with Crippen LogP contribution >= 0.6 is 34.5 Å². The summed E-state index contributed by atoms with van der Waals surface area (Å²) in [4.78, 5) is 18.2. The van der Waals surface area contributed by atoms with Crippen LogP contribution in [-0.4, -0.2) is 18.0 Å². The number of aryl methyl sites for hydroxylation is 2. The predicted molar refractivity (Wildman–Crippen MR) is 89.7 cm³/mol. The van der Waals surface area contributed by atoms with E-state index in [1.165, 1.54) is 35.8 Å². The number of hydrogen-bond donors (Lipinski definition) is 1. The number of carbonyl (C=O) groups excluding carboxylic acids is 1. The second-order valence-electron chi connectivity index (χ2n) is 5.02. The topological polar surface area (TPSA) is 51.2 Å². The first-order valence-electron chi connectivity index (χ1n) is 6.91. The molecule has 3 rings (SSSR count). The number of anilines is 1. The summed E-state index contributed by atoms with van der Waals surface area (Å²) in [6.07, 6.45) is 4.35. The third kappa shape index (κ3) is 3.07. The Labute approximate surface area is 142 Å². The molecule has 0 atom stereocenters. The van der Waals surface area contributed by atoms with E-state index in [0.29, 0.717) is 26.5 Å². The van der Waals surface area contributed by atoms with Crippen molar-refractivity contribution in [2.45, 2.75) is 25.7 Å². The van der Waals surface area contributed by atoms with Gasteiger partial charge in [-0.1, -0.05) is 23.2 Å². The zero-order chi connectivity index (χ0) is 15.7. The first-order chi connectivity index (χ1) is 10.6. The number of nitrogens with one attached hydrogen (secondary N) is 1. The molecule has 116 valence electrons. The molecule has 0 bridgehead atoms. The molecule has 1 heterocycles. The van der Waals surface area contributed by atoms with Crippen LogP contribution in [0.2, 0.25) is 10.0 Å². The van der Waals surface area contributed by atoms with E-state index in [0.717, 1.165) is 25.0 Å². The third-order valence-corrected chi connectivity index (χ3v) is 5.10. The number of amides is 1. The summed E-state index contributed by atoms with van der Waals surface area (Å²) in [6.45, 7) is 0. The highest BCUT2D eigenvalue weighted by molar-refractivity contribution is 7.15. The zero-order valence-electron chi connectivity index (χ0n) is 11.9. The molecule has 1 aliphatic carbocycles. The Morgan fingerprint density at radius 2 is 2.09 bits per heavy atom. The van der Waals surface area contributed by atoms with Gasteiger partial charge in [-0.25, -0.2) is 4.98 Å². The summed E-state index contributed by atoms with van der Waals surface area (Å²) in [5.74, 6) is -0.0165. The van der Waals surface area contributed by atoms with Gasteiger partial charge >= 0.3 is 0 Å². The molecular formula is C15H14Cl2N2O2S. The summed E-state index contributed by atoms with van der Waals surface area (Å²) in [5, 5.41) is 4.11. The van der Waals surface area contributed by atoms with Gasteiger partial charge in [-0.3, -0.25) is 10.1 Å². The van der Waals surface area contributed by atoms with Crippen molar-refractivity contribution in [1.29, 1.82) is 0 Å². The summed E-state index contributed by atoms with van der Waals surface area (Å²) in [6, 6.07) is 3.08. The summed E-state index contributed by atoms with van der Waals surface area (Å²) in [5.41, 5.74) is 1.40. The van der Waals surface area contributed by atoms with Crippen molar-refractivity contribution < 1.29 is 9.53 Å². The lowest BCUT2D eigenvalue weighted by Gasteiger charge is -2.10. The molecule has 7 heteroatoms. The number of halogens is 2. The molecule has 1 aromatic carbocycles. The highest BCUT2D eigenvalue weighted by Gasteiger charge is 2.20. The number of ether oxygens (including phenoxy) is 1. The minimum atomic E-state index is -0.327. The quantitative estimate of drug-likeness (QED) is 0.874. The van der Waals surface area contributed by atoms with E-state index in [2.05, 4.69) is 10.3 Å². The van der Waals surface area contributed by atoms with Gasteiger partial charge in [-0.2, -0.15) is 0 Å². The molecule has 0 aliphatic heterocycles. The van der Waals surface area contributed by atoms with Crippen LogP contribution in [-0.2, 0) is 12.8 Å². The Kier molecular flexibility index (Phi) is 4.57. The molecular weight excluding hydrogens is 343 g/mol. The van der Waals surface area contributed by atoms with E-state index in [1.54, 1.807) is 6.07 Å². The molecule has 0 fully saturated rings. The van der Waals surface area contributed by atoms with Crippen molar-refractivity contribution >= 4 is 45.6 Å². The summed E-state index contributed by atoms with van der Waals surface area (Å²) >= 11 is 13.6. The van der Waals surface area contributed by atoms with Gasteiger partial charge in [0.1, 0.15) is 5.75 Å². The third-order valence-electron chi connectivity index (χ3n) is 3.52. The molecule has 0 unspecified atom stereocenters. The van der Waals surface area contributed by atoms with Gasteiger partial charge in [0, 0.05) is 9.90 Å². The van der Waals surface area contributed by atoms with Crippen LogP contribution in [0.5, 0.6) is 5.75 Å². The molecule has 0 saturated carbocycles. The fourth-order valence-corrected chi connectivity index (χ4v) is 4.12. The van der Waals surface area contributed by atoms with Crippen molar-refractivity contribution in [2.24, 2.45) is 0 Å². The lowest BCUT2D eigenvalue weighted by Crippen LogP contribution is -2.13. The largest absolute Gasteiger partial charge is 0.494 e. The number of fused-ring (bicyclic) bond motifs is 1. The van der Waals surface area contributed by atoms with Crippen molar-refractivity contribution in [1.82, 2.24) is 4.98 Å². The monoisotopic (exact) mass is 356 g/mol. The molecule has 4 nitrogen and oxygen atoms in total. The zero-order valence-corrected chi connectivity index (χ0v) is 14.2. The number of benzene rings is 1. The van der Waals surface area contributed by atoms with E-state index in [9.17, 15) is 4.79 Å². The average Bonchev–Trinajstić information content (AvgIpc) is 2.88. The second-order valence-corrected chi connectivity index (χ2v) is 6.95. The first-order valence-corrected chi connectivity index (χ1v) is 8.48. The van der Waals surface area contributed by atoms with Gasteiger partial charge in [0.15, 0.2) is 5.13 Å². The number of hydrogen-bond acceptors (Lipinski definition) is 4. The van der Waals surface area contributed by atoms with Crippen molar-refractivity contribution in [3.63, 3.8) is 0 Å². The van der Waals surface area contributed by atoms with E-state index in [-0.39, 0.29) is 5.91 Å². The van der Waals surface area contributed by atoms with E-state index < -0.39 is 0 Å². The molecule has 1 aromatic heterocycles. The van der Waals surface area contributed by atoms with E-state index in [4.69, 9.17) is 27.9 Å². The van der Waals surface area contributed by atoms with Gasteiger partial charge in [0.2, 0.25) is 0 Å². The van der Waals surface area contributed by atoms with Crippen molar-refractivity contribution in [3.05, 3.63) is 38.3 Å². The maximum absolute atomic E-state index is 12.5. The Morgan fingerprint density at radius 1 is 1.32 bits per heavy atom. The van der Waals surface area contributed by atoms with Crippen LogP contribution < -0.4 is 10.1 Å². The Bertz CT molecular complexity index is 707. The Morgan fingerprint density at radius 3 is 2.82 bits per heavy atom. The van der Waals surface area contributed by atoms with Crippen LogP contribution in [0.25, 0.3) is 0 Å². The van der Waals surface area contributed by atoms with Crippen LogP contribution in [0.4, 0.5) is 5.13 Å². The normalized spacial score (nSPS) is 13.6. The summed E-state index contributed by atoms with van der Waals surface area (Å²) < 4.78 is 5.20. The average molecular weight is 357 g/mol. The number of nitrogens with zero attached hydrogens (tertiary/aromatic N) is 1. The molecule has 22 heavy (non-hydrogen) atoms. The molecule has 0 saturated heterocycles. The van der Waals surface area contributed by atoms with Crippen molar-refractivity contribution in [2.75, 3.05) is 12.4 Å². The van der Waals surface area contributed by atoms with Crippen LogP contribution in [0.1, 0.15) is 33.8 Å². The van der Waals surface area contributed by atoms with Gasteiger partial charge in [-0.15, -0.1) is 11.3 Å². The standard InChI is InChI=1S/C15H14Cl2N2O2S/c1-21-13-9(6-8(16)7-10(13)17)14(20)19-15-18-11-4-2-3-5-12(11)22-15/h6-7H,2-5H2,1H3,(H,18,19,20). The SMILES string of the molecule is COc1c(Cl)cc(Cl)cc1C(=O)Nc1nc2c(s1)CCCC2. The lowest BCUT2D eigenvalue weighted by molar-refractivity contribution is 0.102. The van der Waals surface area contributed by atoms with Gasteiger partial charge in [0.05, 0.1) is 23.4 Å². The maximum Gasteiger partial charge on any atom is 0.261 e. The first kappa shape index (κ1) is 15.6. The second kappa shape index (κ2) is 6.44. The number of carbonyl (C=O) groups is 1. The number of methoxy groups -OCH3 is 1. The number of rotatable bonds is 3. The Balaban J connectivity index is 1.87. The van der Waals surface area contributed by atoms with Gasteiger partial charge in [0.25, 0.3) is 5.91 Å². The molecule has 1 aliphatic rings.